The van der Waals surface area contributed by atoms with Gasteiger partial charge in [0.1, 0.15) is 11.6 Å². The number of aromatic nitrogens is 3. The average Bonchev–Trinajstić information content (AvgIpc) is 2.42. The van der Waals surface area contributed by atoms with Gasteiger partial charge in [-0.15, -0.1) is 0 Å². The number of nitrogens with one attached hydrogen (secondary N) is 1. The maximum absolute atomic E-state index is 9.39. The van der Waals surface area contributed by atoms with Crippen LogP contribution in [0.4, 0.5) is 17.6 Å². The summed E-state index contributed by atoms with van der Waals surface area (Å²) >= 11 is 0. The summed E-state index contributed by atoms with van der Waals surface area (Å²) in [7, 11) is 0. The Hall–Kier alpha value is -2.41. The Bertz CT molecular complexity index is 641. The Morgan fingerprint density at radius 2 is 2.10 bits per heavy atom. The minimum absolute atomic E-state index is 0.224. The molecule has 2 aromatic rings. The van der Waals surface area contributed by atoms with Crippen LogP contribution in [0.25, 0.3) is 0 Å². The number of pyridine rings is 1. The van der Waals surface area contributed by atoms with E-state index in [2.05, 4.69) is 20.3 Å². The third-order valence-electron chi connectivity index (χ3n) is 3.68. The molecule has 0 amide bonds. The Balaban J connectivity index is 1.72. The molecule has 7 nitrogen and oxygen atoms in total. The Morgan fingerprint density at radius 1 is 1.29 bits per heavy atom. The lowest BCUT2D eigenvalue weighted by Gasteiger charge is -2.30. The summed E-state index contributed by atoms with van der Waals surface area (Å²) in [6, 6.07) is 5.62. The van der Waals surface area contributed by atoms with Gasteiger partial charge in [0.25, 0.3) is 0 Å². The molecule has 2 heterocycles. The molecule has 3 rings (SSSR count). The van der Waals surface area contributed by atoms with Crippen molar-refractivity contribution in [3.05, 3.63) is 35.7 Å². The van der Waals surface area contributed by atoms with Gasteiger partial charge in [-0.05, 0) is 18.9 Å². The number of hydrogen-bond acceptors (Lipinski definition) is 7. The van der Waals surface area contributed by atoms with E-state index in [1.807, 2.05) is 18.2 Å². The third kappa shape index (κ3) is 3.03. The number of aliphatic hydroxyl groups is 1. The van der Waals surface area contributed by atoms with Crippen molar-refractivity contribution in [1.29, 1.82) is 0 Å². The molecule has 2 aromatic heterocycles. The molecular formula is C14H18N6O. The fraction of sp³-hybridized carbons (Fsp3) is 0.357. The number of hydrogen-bond donors (Lipinski definition) is 4. The van der Waals surface area contributed by atoms with Crippen LogP contribution in [0.1, 0.15) is 30.0 Å². The van der Waals surface area contributed by atoms with Gasteiger partial charge in [-0.25, -0.2) is 9.97 Å². The van der Waals surface area contributed by atoms with Crippen LogP contribution in [0.2, 0.25) is 0 Å². The first kappa shape index (κ1) is 13.6. The van der Waals surface area contributed by atoms with Crippen LogP contribution >= 0.6 is 0 Å². The van der Waals surface area contributed by atoms with Crippen LogP contribution in [0, 0.1) is 0 Å². The van der Waals surface area contributed by atoms with Crippen molar-refractivity contribution in [2.75, 3.05) is 16.8 Å². The lowest BCUT2D eigenvalue weighted by atomic mass is 9.80. The van der Waals surface area contributed by atoms with Crippen LogP contribution < -0.4 is 16.8 Å². The van der Waals surface area contributed by atoms with E-state index in [-0.39, 0.29) is 18.0 Å². The highest BCUT2D eigenvalue weighted by molar-refractivity contribution is 5.45. The van der Waals surface area contributed by atoms with Gasteiger partial charge in [-0.2, -0.15) is 4.98 Å². The molecule has 0 saturated heterocycles. The molecule has 0 bridgehead atoms. The first-order valence-electron chi connectivity index (χ1n) is 6.87. The summed E-state index contributed by atoms with van der Waals surface area (Å²) in [5.74, 6) is 1.64. The molecule has 0 unspecified atom stereocenters. The molecular weight excluding hydrogens is 268 g/mol. The van der Waals surface area contributed by atoms with Crippen molar-refractivity contribution < 1.29 is 5.11 Å². The standard InChI is InChI=1S/C14H18N6O/c15-13-8(2-1-3-17-13)7-18-12-6-11(19-14(16)20-12)9-4-10(21)5-9/h1-3,6,9-10,21H,4-5,7H2,(H2,15,17)(H3,16,18,19,20). The summed E-state index contributed by atoms with van der Waals surface area (Å²) in [6.07, 6.45) is 2.89. The predicted molar refractivity (Wildman–Crippen MR) is 80.4 cm³/mol. The van der Waals surface area contributed by atoms with E-state index in [1.54, 1.807) is 6.20 Å². The van der Waals surface area contributed by atoms with Gasteiger partial charge in [0, 0.05) is 30.3 Å². The topological polar surface area (TPSA) is 123 Å². The van der Waals surface area contributed by atoms with Gasteiger partial charge in [-0.1, -0.05) is 6.07 Å². The SMILES string of the molecule is Nc1nc(NCc2cccnc2N)cc(C2CC(O)C2)n1. The van der Waals surface area contributed by atoms with E-state index >= 15 is 0 Å². The zero-order chi connectivity index (χ0) is 14.8. The van der Waals surface area contributed by atoms with Crippen molar-refractivity contribution in [2.24, 2.45) is 0 Å². The molecule has 0 atom stereocenters. The lowest BCUT2D eigenvalue weighted by Crippen LogP contribution is -2.27. The van der Waals surface area contributed by atoms with E-state index < -0.39 is 0 Å². The molecule has 21 heavy (non-hydrogen) atoms. The van der Waals surface area contributed by atoms with E-state index in [9.17, 15) is 5.11 Å². The first-order chi connectivity index (χ1) is 10.1. The molecule has 0 aliphatic heterocycles. The number of rotatable bonds is 4. The van der Waals surface area contributed by atoms with Gasteiger partial charge < -0.3 is 21.9 Å². The van der Waals surface area contributed by atoms with Crippen LogP contribution in [0.15, 0.2) is 24.4 Å². The van der Waals surface area contributed by atoms with Crippen molar-refractivity contribution in [3.8, 4) is 0 Å². The van der Waals surface area contributed by atoms with Crippen molar-refractivity contribution in [1.82, 2.24) is 15.0 Å². The zero-order valence-electron chi connectivity index (χ0n) is 11.5. The molecule has 7 heteroatoms. The van der Waals surface area contributed by atoms with Gasteiger partial charge >= 0.3 is 0 Å². The average molecular weight is 286 g/mol. The summed E-state index contributed by atoms with van der Waals surface area (Å²) in [5.41, 5.74) is 13.3. The Labute approximate surface area is 122 Å². The molecule has 1 saturated carbocycles. The van der Waals surface area contributed by atoms with Crippen LogP contribution in [-0.4, -0.2) is 26.2 Å². The molecule has 6 N–H and O–H groups in total. The molecule has 1 fully saturated rings. The number of nitrogens with zero attached hydrogens (tertiary/aromatic N) is 3. The van der Waals surface area contributed by atoms with Gasteiger partial charge in [0.2, 0.25) is 5.95 Å². The Morgan fingerprint density at radius 3 is 2.81 bits per heavy atom. The summed E-state index contributed by atoms with van der Waals surface area (Å²) in [5, 5.41) is 12.6. The highest BCUT2D eigenvalue weighted by atomic mass is 16.3. The van der Waals surface area contributed by atoms with Crippen molar-refractivity contribution in [3.63, 3.8) is 0 Å². The zero-order valence-corrected chi connectivity index (χ0v) is 11.5. The number of nitrogens with two attached hydrogens (primary N) is 2. The summed E-state index contributed by atoms with van der Waals surface area (Å²) in [6.45, 7) is 0.517. The minimum atomic E-state index is -0.224. The number of aliphatic hydroxyl groups excluding tert-OH is 1. The second-order valence-electron chi connectivity index (χ2n) is 5.26. The largest absolute Gasteiger partial charge is 0.393 e. The molecule has 1 aliphatic carbocycles. The minimum Gasteiger partial charge on any atom is -0.393 e. The summed E-state index contributed by atoms with van der Waals surface area (Å²) in [4.78, 5) is 12.4. The van der Waals surface area contributed by atoms with Crippen LogP contribution in [-0.2, 0) is 6.54 Å². The quantitative estimate of drug-likeness (QED) is 0.658. The lowest BCUT2D eigenvalue weighted by molar-refractivity contribution is 0.0732. The monoisotopic (exact) mass is 286 g/mol. The third-order valence-corrected chi connectivity index (χ3v) is 3.68. The fourth-order valence-corrected chi connectivity index (χ4v) is 2.40. The normalized spacial score (nSPS) is 20.8. The number of anilines is 3. The van der Waals surface area contributed by atoms with Gasteiger partial charge in [-0.3, -0.25) is 0 Å². The molecule has 0 aromatic carbocycles. The highest BCUT2D eigenvalue weighted by Gasteiger charge is 2.30. The molecule has 1 aliphatic rings. The van der Waals surface area contributed by atoms with Gasteiger partial charge in [0.05, 0.1) is 11.8 Å². The van der Waals surface area contributed by atoms with Gasteiger partial charge in [0.15, 0.2) is 0 Å². The second kappa shape index (κ2) is 5.53. The van der Waals surface area contributed by atoms with E-state index in [0.717, 1.165) is 24.1 Å². The molecule has 0 radical (unpaired) electrons. The second-order valence-corrected chi connectivity index (χ2v) is 5.26. The van der Waals surface area contributed by atoms with Crippen molar-refractivity contribution >= 4 is 17.6 Å². The van der Waals surface area contributed by atoms with Crippen molar-refractivity contribution in [2.45, 2.75) is 31.4 Å². The Kier molecular flexibility index (Phi) is 3.57. The van der Waals surface area contributed by atoms with E-state index in [1.165, 1.54) is 0 Å². The smallest absolute Gasteiger partial charge is 0.222 e. The molecule has 0 spiro atoms. The predicted octanol–water partition coefficient (Wildman–Crippen LogP) is 0.886. The highest BCUT2D eigenvalue weighted by Crippen LogP contribution is 2.36. The first-order valence-corrected chi connectivity index (χ1v) is 6.87. The fourth-order valence-electron chi connectivity index (χ4n) is 2.40. The van der Waals surface area contributed by atoms with E-state index in [4.69, 9.17) is 11.5 Å². The van der Waals surface area contributed by atoms with Crippen LogP contribution in [0.5, 0.6) is 0 Å². The molecule has 110 valence electrons. The maximum Gasteiger partial charge on any atom is 0.222 e. The van der Waals surface area contributed by atoms with Crippen LogP contribution in [0.3, 0.4) is 0 Å². The van der Waals surface area contributed by atoms with E-state index in [0.29, 0.717) is 18.2 Å². The number of nitrogen functional groups attached to an aromatic ring is 2. The summed E-state index contributed by atoms with van der Waals surface area (Å²) < 4.78 is 0. The maximum atomic E-state index is 9.39.